The molecule has 0 spiro atoms. The van der Waals surface area contributed by atoms with Crippen molar-refractivity contribution in [3.8, 4) is 0 Å². The average molecular weight is 400 g/mol. The van der Waals surface area contributed by atoms with Crippen LogP contribution in [0.15, 0.2) is 54.9 Å². The molecule has 1 aromatic heterocycles. The summed E-state index contributed by atoms with van der Waals surface area (Å²) in [6.45, 7) is 1.43. The summed E-state index contributed by atoms with van der Waals surface area (Å²) >= 11 is 5.70. The molecule has 0 bridgehead atoms. The fourth-order valence-electron chi connectivity index (χ4n) is 2.26. The summed E-state index contributed by atoms with van der Waals surface area (Å²) in [5, 5.41) is 8.17. The maximum atomic E-state index is 13.2. The Balaban J connectivity index is 1.63. The van der Waals surface area contributed by atoms with Crippen molar-refractivity contribution in [2.75, 3.05) is 16.0 Å². The van der Waals surface area contributed by atoms with Crippen molar-refractivity contribution < 1.29 is 14.0 Å². The molecule has 0 radical (unpaired) electrons. The Morgan fingerprint density at radius 1 is 0.929 bits per heavy atom. The minimum absolute atomic E-state index is 0.0851. The molecule has 0 atom stereocenters. The van der Waals surface area contributed by atoms with Gasteiger partial charge in [0.1, 0.15) is 5.82 Å². The number of anilines is 4. The molecule has 142 valence electrons. The minimum atomic E-state index is -0.566. The second kappa shape index (κ2) is 8.45. The van der Waals surface area contributed by atoms with Crippen molar-refractivity contribution >= 4 is 46.4 Å². The van der Waals surface area contributed by atoms with E-state index in [0.29, 0.717) is 23.0 Å². The predicted octanol–water partition coefficient (Wildman–Crippen LogP) is 4.22. The molecule has 28 heavy (non-hydrogen) atoms. The van der Waals surface area contributed by atoms with Gasteiger partial charge in [0.25, 0.3) is 5.91 Å². The highest BCUT2D eigenvalue weighted by atomic mass is 35.5. The molecule has 0 saturated carbocycles. The van der Waals surface area contributed by atoms with Crippen LogP contribution in [0.5, 0.6) is 0 Å². The summed E-state index contributed by atoms with van der Waals surface area (Å²) < 4.78 is 13.2. The van der Waals surface area contributed by atoms with Crippen LogP contribution in [0.2, 0.25) is 5.02 Å². The molecule has 0 fully saturated rings. The maximum Gasteiger partial charge on any atom is 0.258 e. The highest BCUT2D eigenvalue weighted by Gasteiger charge is 2.09. The number of aromatic nitrogens is 2. The first-order valence-electron chi connectivity index (χ1n) is 8.14. The number of halogens is 2. The molecule has 3 N–H and O–H groups in total. The first kappa shape index (κ1) is 19.2. The Kier molecular flexibility index (Phi) is 5.81. The van der Waals surface area contributed by atoms with Gasteiger partial charge in [0.15, 0.2) is 0 Å². The Morgan fingerprint density at radius 2 is 1.54 bits per heavy atom. The lowest BCUT2D eigenvalue weighted by Gasteiger charge is -2.08. The van der Waals surface area contributed by atoms with Crippen LogP contribution >= 0.6 is 11.6 Å². The highest BCUT2D eigenvalue weighted by molar-refractivity contribution is 6.31. The molecule has 0 unspecified atom stereocenters. The number of benzene rings is 2. The van der Waals surface area contributed by atoms with Crippen LogP contribution in [0, 0.1) is 5.82 Å². The van der Waals surface area contributed by atoms with E-state index in [4.69, 9.17) is 11.6 Å². The maximum absolute atomic E-state index is 13.2. The topological polar surface area (TPSA) is 96.0 Å². The largest absolute Gasteiger partial charge is 0.326 e. The number of hydrogen-bond acceptors (Lipinski definition) is 5. The van der Waals surface area contributed by atoms with Crippen molar-refractivity contribution in [1.82, 2.24) is 9.97 Å². The van der Waals surface area contributed by atoms with Crippen LogP contribution in [0.3, 0.4) is 0 Å². The lowest BCUT2D eigenvalue weighted by molar-refractivity contribution is -0.114. The van der Waals surface area contributed by atoms with E-state index < -0.39 is 11.7 Å². The van der Waals surface area contributed by atoms with Crippen molar-refractivity contribution in [1.29, 1.82) is 0 Å². The minimum Gasteiger partial charge on any atom is -0.326 e. The Labute approximate surface area is 165 Å². The normalized spacial score (nSPS) is 10.2. The SMILES string of the molecule is CC(=O)Nc1ccc(Nc2ncc(C(=O)Nc3ccc(F)c(Cl)c3)cn2)cc1. The third-order valence-electron chi connectivity index (χ3n) is 3.55. The molecule has 0 aliphatic carbocycles. The lowest BCUT2D eigenvalue weighted by Crippen LogP contribution is -2.13. The van der Waals surface area contributed by atoms with E-state index in [2.05, 4.69) is 25.9 Å². The zero-order chi connectivity index (χ0) is 20.1. The third kappa shape index (κ3) is 5.01. The van der Waals surface area contributed by atoms with Gasteiger partial charge in [0.05, 0.1) is 10.6 Å². The van der Waals surface area contributed by atoms with E-state index in [1.807, 2.05) is 0 Å². The van der Waals surface area contributed by atoms with Gasteiger partial charge < -0.3 is 16.0 Å². The van der Waals surface area contributed by atoms with Crippen LogP contribution in [0.4, 0.5) is 27.4 Å². The molecule has 9 heteroatoms. The molecule has 7 nitrogen and oxygen atoms in total. The average Bonchev–Trinajstić information content (AvgIpc) is 2.66. The van der Waals surface area contributed by atoms with E-state index in [9.17, 15) is 14.0 Å². The molecule has 2 amide bonds. The van der Waals surface area contributed by atoms with Gasteiger partial charge in [-0.2, -0.15) is 0 Å². The van der Waals surface area contributed by atoms with Crippen LogP contribution in [-0.4, -0.2) is 21.8 Å². The molecule has 0 saturated heterocycles. The van der Waals surface area contributed by atoms with Gasteiger partial charge in [-0.15, -0.1) is 0 Å². The second-order valence-electron chi connectivity index (χ2n) is 5.76. The van der Waals surface area contributed by atoms with Crippen LogP contribution < -0.4 is 16.0 Å². The molecule has 1 heterocycles. The Morgan fingerprint density at radius 3 is 2.14 bits per heavy atom. The van der Waals surface area contributed by atoms with Gasteiger partial charge in [-0.25, -0.2) is 14.4 Å². The highest BCUT2D eigenvalue weighted by Crippen LogP contribution is 2.20. The summed E-state index contributed by atoms with van der Waals surface area (Å²) in [4.78, 5) is 31.4. The lowest BCUT2D eigenvalue weighted by atomic mass is 10.2. The number of carbonyl (C=O) groups is 2. The summed E-state index contributed by atoms with van der Waals surface area (Å²) in [5.74, 6) is -0.869. The number of nitrogens with one attached hydrogen (secondary N) is 3. The van der Waals surface area contributed by atoms with E-state index in [1.54, 1.807) is 24.3 Å². The van der Waals surface area contributed by atoms with E-state index >= 15 is 0 Å². The van der Waals surface area contributed by atoms with E-state index in [-0.39, 0.29) is 16.5 Å². The molecule has 2 aromatic carbocycles. The Bertz CT molecular complexity index is 1010. The second-order valence-corrected chi connectivity index (χ2v) is 6.17. The summed E-state index contributed by atoms with van der Waals surface area (Å²) in [7, 11) is 0. The van der Waals surface area contributed by atoms with E-state index in [0.717, 1.165) is 0 Å². The van der Waals surface area contributed by atoms with Gasteiger partial charge in [0.2, 0.25) is 11.9 Å². The zero-order valence-corrected chi connectivity index (χ0v) is 15.4. The fraction of sp³-hybridized carbons (Fsp3) is 0.0526. The van der Waals surface area contributed by atoms with Crippen LogP contribution in [0.25, 0.3) is 0 Å². The van der Waals surface area contributed by atoms with Gasteiger partial charge in [0, 0.05) is 36.4 Å². The standard InChI is InChI=1S/C19H15ClFN5O2/c1-11(27)24-13-2-4-14(5-3-13)26-19-22-9-12(10-23-19)18(28)25-15-6-7-17(21)16(20)8-15/h2-10H,1H3,(H,24,27)(H,25,28)(H,22,23,26). The summed E-state index contributed by atoms with van der Waals surface area (Å²) in [5.41, 5.74) is 1.98. The predicted molar refractivity (Wildman–Crippen MR) is 105 cm³/mol. The molecular formula is C19H15ClFN5O2. The van der Waals surface area contributed by atoms with Gasteiger partial charge in [-0.3, -0.25) is 9.59 Å². The van der Waals surface area contributed by atoms with Gasteiger partial charge in [-0.05, 0) is 42.5 Å². The zero-order valence-electron chi connectivity index (χ0n) is 14.7. The molecule has 0 aliphatic heterocycles. The molecular weight excluding hydrogens is 385 g/mol. The van der Waals surface area contributed by atoms with Crippen LogP contribution in [0.1, 0.15) is 17.3 Å². The monoisotopic (exact) mass is 399 g/mol. The van der Waals surface area contributed by atoms with Crippen molar-refractivity contribution in [2.45, 2.75) is 6.92 Å². The first-order valence-corrected chi connectivity index (χ1v) is 8.51. The Hall–Kier alpha value is -3.52. The number of nitrogens with zero attached hydrogens (tertiary/aromatic N) is 2. The smallest absolute Gasteiger partial charge is 0.258 e. The van der Waals surface area contributed by atoms with Gasteiger partial charge in [-0.1, -0.05) is 11.6 Å². The quantitative estimate of drug-likeness (QED) is 0.596. The van der Waals surface area contributed by atoms with Gasteiger partial charge >= 0.3 is 0 Å². The molecule has 3 rings (SSSR count). The van der Waals surface area contributed by atoms with Crippen molar-refractivity contribution in [3.63, 3.8) is 0 Å². The number of hydrogen-bond donors (Lipinski definition) is 3. The van der Waals surface area contributed by atoms with Crippen LogP contribution in [-0.2, 0) is 4.79 Å². The number of amides is 2. The van der Waals surface area contributed by atoms with E-state index in [1.165, 1.54) is 37.5 Å². The summed E-state index contributed by atoms with van der Waals surface area (Å²) in [6.07, 6.45) is 2.73. The number of carbonyl (C=O) groups excluding carboxylic acids is 2. The third-order valence-corrected chi connectivity index (χ3v) is 3.84. The molecule has 3 aromatic rings. The summed E-state index contributed by atoms with van der Waals surface area (Å²) in [6, 6.07) is 10.9. The first-order chi connectivity index (χ1) is 13.4. The number of rotatable bonds is 5. The van der Waals surface area contributed by atoms with Crippen molar-refractivity contribution in [2.24, 2.45) is 0 Å². The van der Waals surface area contributed by atoms with Crippen molar-refractivity contribution in [3.05, 3.63) is 71.3 Å². The fourth-order valence-corrected chi connectivity index (χ4v) is 2.44. The molecule has 0 aliphatic rings.